The molecule has 0 aromatic carbocycles. The number of hydrogen-bond acceptors (Lipinski definition) is 4. The van der Waals surface area contributed by atoms with E-state index < -0.39 is 12.1 Å². The SMILES string of the molecule is CCCCCCCCCC(CO)(CO)CO.OP(O)(O)=S. The molecule has 0 aliphatic carbocycles. The molecular weight excluding hydrogens is 315 g/mol. The summed E-state index contributed by atoms with van der Waals surface area (Å²) in [5.74, 6) is 0. The molecule has 0 rings (SSSR count). The van der Waals surface area contributed by atoms with Crippen LogP contribution in [0.4, 0.5) is 0 Å². The first kappa shape index (κ1) is 23.7. The van der Waals surface area contributed by atoms with Crippen molar-refractivity contribution in [1.82, 2.24) is 0 Å². The second-order valence-corrected chi connectivity index (χ2v) is 7.86. The Labute approximate surface area is 132 Å². The van der Waals surface area contributed by atoms with Gasteiger partial charge in [0.2, 0.25) is 0 Å². The van der Waals surface area contributed by atoms with E-state index in [1.54, 1.807) is 0 Å². The molecule has 0 aromatic rings. The molecule has 21 heavy (non-hydrogen) atoms. The van der Waals surface area contributed by atoms with Crippen molar-refractivity contribution in [1.29, 1.82) is 0 Å². The fourth-order valence-electron chi connectivity index (χ4n) is 1.84. The third kappa shape index (κ3) is 18.4. The van der Waals surface area contributed by atoms with Crippen LogP contribution in [-0.4, -0.2) is 49.8 Å². The van der Waals surface area contributed by atoms with Crippen molar-refractivity contribution in [3.8, 4) is 0 Å². The summed E-state index contributed by atoms with van der Waals surface area (Å²) in [4.78, 5) is 22.7. The molecular formula is C13H31O6PS. The van der Waals surface area contributed by atoms with Crippen LogP contribution in [-0.2, 0) is 11.8 Å². The van der Waals surface area contributed by atoms with Crippen LogP contribution >= 0.6 is 6.72 Å². The largest absolute Gasteiger partial charge is 0.396 e. The van der Waals surface area contributed by atoms with Gasteiger partial charge >= 0.3 is 6.72 Å². The Morgan fingerprint density at radius 1 is 0.762 bits per heavy atom. The summed E-state index contributed by atoms with van der Waals surface area (Å²) in [6, 6.07) is 0. The Bertz CT molecular complexity index is 251. The van der Waals surface area contributed by atoms with Gasteiger partial charge in [0.25, 0.3) is 0 Å². The summed E-state index contributed by atoms with van der Waals surface area (Å²) >= 11 is 3.60. The van der Waals surface area contributed by atoms with Crippen LogP contribution in [0.3, 0.4) is 0 Å². The first-order valence-corrected chi connectivity index (χ1v) is 10.0. The van der Waals surface area contributed by atoms with Crippen molar-refractivity contribution in [2.45, 2.75) is 58.3 Å². The van der Waals surface area contributed by atoms with Gasteiger partial charge < -0.3 is 30.0 Å². The van der Waals surface area contributed by atoms with Gasteiger partial charge in [-0.2, -0.15) is 0 Å². The van der Waals surface area contributed by atoms with Gasteiger partial charge in [0.15, 0.2) is 0 Å². The molecule has 0 radical (unpaired) electrons. The second kappa shape index (κ2) is 14.0. The lowest BCUT2D eigenvalue weighted by atomic mass is 9.85. The second-order valence-electron chi connectivity index (χ2n) is 5.36. The lowest BCUT2D eigenvalue weighted by Gasteiger charge is -2.27. The average molecular weight is 346 g/mol. The van der Waals surface area contributed by atoms with Gasteiger partial charge in [-0.1, -0.05) is 51.9 Å². The number of rotatable bonds is 11. The van der Waals surface area contributed by atoms with Crippen molar-refractivity contribution in [2.75, 3.05) is 19.8 Å². The lowest BCUT2D eigenvalue weighted by Crippen LogP contribution is -2.33. The Morgan fingerprint density at radius 2 is 1.10 bits per heavy atom. The van der Waals surface area contributed by atoms with E-state index in [1.165, 1.54) is 32.1 Å². The smallest absolute Gasteiger partial charge is 0.319 e. The number of unbranched alkanes of at least 4 members (excludes halogenated alkanes) is 6. The third-order valence-electron chi connectivity index (χ3n) is 3.32. The fraction of sp³-hybridized carbons (Fsp3) is 1.00. The first-order valence-electron chi connectivity index (χ1n) is 7.35. The maximum Gasteiger partial charge on any atom is 0.319 e. The van der Waals surface area contributed by atoms with Gasteiger partial charge in [-0.3, -0.25) is 0 Å². The van der Waals surface area contributed by atoms with Crippen LogP contribution in [0.1, 0.15) is 58.3 Å². The van der Waals surface area contributed by atoms with E-state index in [9.17, 15) is 0 Å². The highest BCUT2D eigenvalue weighted by molar-refractivity contribution is 8.06. The zero-order valence-corrected chi connectivity index (χ0v) is 14.5. The van der Waals surface area contributed by atoms with E-state index >= 15 is 0 Å². The van der Waals surface area contributed by atoms with Gasteiger partial charge in [-0.15, -0.1) is 0 Å². The van der Waals surface area contributed by atoms with Gasteiger partial charge in [0.1, 0.15) is 0 Å². The molecule has 6 nitrogen and oxygen atoms in total. The summed E-state index contributed by atoms with van der Waals surface area (Å²) < 4.78 is 0. The quantitative estimate of drug-likeness (QED) is 0.246. The molecule has 8 heteroatoms. The predicted octanol–water partition coefficient (Wildman–Crippen LogP) is 1.28. The molecule has 0 aromatic heterocycles. The monoisotopic (exact) mass is 346 g/mol. The molecule has 0 aliphatic heterocycles. The number of aliphatic hydroxyl groups is 3. The van der Waals surface area contributed by atoms with Crippen molar-refractivity contribution in [2.24, 2.45) is 5.41 Å². The molecule has 130 valence electrons. The number of aliphatic hydroxyl groups excluding tert-OH is 3. The summed E-state index contributed by atoms with van der Waals surface area (Å²) in [5.41, 5.74) is -0.663. The summed E-state index contributed by atoms with van der Waals surface area (Å²) in [6.45, 7) is -1.99. The molecule has 0 heterocycles. The Balaban J connectivity index is 0. The summed E-state index contributed by atoms with van der Waals surface area (Å²) in [6.07, 6.45) is 9.21. The topological polar surface area (TPSA) is 121 Å². The van der Waals surface area contributed by atoms with Crippen LogP contribution in [0.5, 0.6) is 0 Å². The van der Waals surface area contributed by atoms with Gasteiger partial charge in [-0.25, -0.2) is 0 Å². The number of hydrogen-bond donors (Lipinski definition) is 6. The van der Waals surface area contributed by atoms with Crippen molar-refractivity contribution in [3.05, 3.63) is 0 Å². The molecule has 0 saturated carbocycles. The van der Waals surface area contributed by atoms with Crippen molar-refractivity contribution >= 4 is 18.5 Å². The van der Waals surface area contributed by atoms with Crippen LogP contribution in [0.25, 0.3) is 0 Å². The van der Waals surface area contributed by atoms with E-state index in [0.717, 1.165) is 12.8 Å². The normalized spacial score (nSPS) is 12.0. The highest BCUT2D eigenvalue weighted by atomic mass is 32.5. The maximum absolute atomic E-state index is 9.13. The van der Waals surface area contributed by atoms with Crippen LogP contribution in [0.2, 0.25) is 0 Å². The van der Waals surface area contributed by atoms with E-state index in [4.69, 9.17) is 30.0 Å². The van der Waals surface area contributed by atoms with E-state index in [1.807, 2.05) is 0 Å². The minimum absolute atomic E-state index is 0.129. The molecule has 6 N–H and O–H groups in total. The molecule has 0 spiro atoms. The van der Waals surface area contributed by atoms with Crippen LogP contribution < -0.4 is 0 Å². The zero-order chi connectivity index (χ0) is 16.8. The minimum atomic E-state index is -3.81. The van der Waals surface area contributed by atoms with E-state index in [2.05, 4.69) is 18.7 Å². The van der Waals surface area contributed by atoms with Crippen molar-refractivity contribution < 1.29 is 30.0 Å². The highest BCUT2D eigenvalue weighted by Gasteiger charge is 2.26. The third-order valence-corrected chi connectivity index (χ3v) is 3.32. The average Bonchev–Trinajstić information content (AvgIpc) is 2.41. The lowest BCUT2D eigenvalue weighted by molar-refractivity contribution is -0.00230. The molecule has 0 fully saturated rings. The molecule has 0 amide bonds. The highest BCUT2D eigenvalue weighted by Crippen LogP contribution is 2.26. The van der Waals surface area contributed by atoms with Crippen LogP contribution in [0, 0.1) is 5.41 Å². The van der Waals surface area contributed by atoms with Gasteiger partial charge in [-0.05, 0) is 18.2 Å². The molecule has 0 atom stereocenters. The first-order chi connectivity index (χ1) is 9.74. The predicted molar refractivity (Wildman–Crippen MR) is 87.2 cm³/mol. The zero-order valence-electron chi connectivity index (χ0n) is 12.8. The summed E-state index contributed by atoms with van der Waals surface area (Å²) in [7, 11) is 0. The fourth-order valence-corrected chi connectivity index (χ4v) is 1.84. The Kier molecular flexibility index (Phi) is 15.8. The van der Waals surface area contributed by atoms with E-state index in [0.29, 0.717) is 6.42 Å². The van der Waals surface area contributed by atoms with Gasteiger partial charge in [0, 0.05) is 5.41 Å². The van der Waals surface area contributed by atoms with Crippen LogP contribution in [0.15, 0.2) is 0 Å². The molecule has 0 aliphatic rings. The molecule has 0 saturated heterocycles. The Hall–Kier alpha value is 0.410. The molecule has 0 unspecified atom stereocenters. The van der Waals surface area contributed by atoms with E-state index in [-0.39, 0.29) is 19.8 Å². The van der Waals surface area contributed by atoms with Gasteiger partial charge in [0.05, 0.1) is 19.8 Å². The Morgan fingerprint density at radius 3 is 1.43 bits per heavy atom. The minimum Gasteiger partial charge on any atom is -0.396 e. The van der Waals surface area contributed by atoms with Crippen molar-refractivity contribution in [3.63, 3.8) is 0 Å². The molecule has 0 bridgehead atoms. The maximum atomic E-state index is 9.13. The summed E-state index contributed by atoms with van der Waals surface area (Å²) in [5, 5.41) is 27.4. The standard InChI is InChI=1S/C13H28O3.H3O3PS/c1-2-3-4-5-6-7-8-9-13(10-14,11-15)12-16;1-4(2,3)5/h14-16H,2-12H2,1H3;(H3,1,2,3,5).